The highest BCUT2D eigenvalue weighted by Crippen LogP contribution is 2.05. The van der Waals surface area contributed by atoms with Crippen LogP contribution in [0.15, 0.2) is 30.3 Å². The van der Waals surface area contributed by atoms with Crippen LogP contribution in [-0.4, -0.2) is 31.8 Å². The van der Waals surface area contributed by atoms with Crippen LogP contribution in [0.4, 0.5) is 4.79 Å². The molecular formula is C14H20N2O4. The quantitative estimate of drug-likeness (QED) is 0.760. The topological polar surface area (TPSA) is 90.6 Å². The third-order valence-corrected chi connectivity index (χ3v) is 2.88. The highest BCUT2D eigenvalue weighted by molar-refractivity contribution is 5.81. The SMILES string of the molecule is COC(=O)[C@@H](NC(=O)OCc1ccccc1)C(C)CN. The number of carbonyl (C=O) groups excluding carboxylic acids is 2. The molecule has 3 N–H and O–H groups in total. The van der Waals surface area contributed by atoms with Gasteiger partial charge in [0.1, 0.15) is 12.6 Å². The Morgan fingerprint density at radius 3 is 2.50 bits per heavy atom. The van der Waals surface area contributed by atoms with E-state index in [-0.39, 0.29) is 19.1 Å². The van der Waals surface area contributed by atoms with Crippen LogP contribution < -0.4 is 11.1 Å². The van der Waals surface area contributed by atoms with Crippen LogP contribution in [0.25, 0.3) is 0 Å². The molecule has 0 spiro atoms. The van der Waals surface area contributed by atoms with Crippen LogP contribution >= 0.6 is 0 Å². The Balaban J connectivity index is 2.51. The maximum atomic E-state index is 11.7. The van der Waals surface area contributed by atoms with Gasteiger partial charge in [-0.05, 0) is 18.0 Å². The summed E-state index contributed by atoms with van der Waals surface area (Å²) in [5.41, 5.74) is 6.37. The number of ether oxygens (including phenoxy) is 2. The molecule has 0 bridgehead atoms. The van der Waals surface area contributed by atoms with Crippen molar-refractivity contribution in [2.45, 2.75) is 19.6 Å². The number of esters is 1. The van der Waals surface area contributed by atoms with Gasteiger partial charge in [-0.2, -0.15) is 0 Å². The minimum atomic E-state index is -0.812. The Hall–Kier alpha value is -2.08. The minimum Gasteiger partial charge on any atom is -0.467 e. The molecule has 0 aliphatic rings. The average Bonchev–Trinajstić information content (AvgIpc) is 2.50. The Morgan fingerprint density at radius 2 is 1.95 bits per heavy atom. The third-order valence-electron chi connectivity index (χ3n) is 2.88. The van der Waals surface area contributed by atoms with Gasteiger partial charge in [-0.15, -0.1) is 0 Å². The van der Waals surface area contributed by atoms with E-state index in [0.29, 0.717) is 0 Å². The van der Waals surface area contributed by atoms with E-state index in [9.17, 15) is 9.59 Å². The minimum absolute atomic E-state index is 0.136. The number of hydrogen-bond acceptors (Lipinski definition) is 5. The van der Waals surface area contributed by atoms with Crippen LogP contribution in [0.5, 0.6) is 0 Å². The van der Waals surface area contributed by atoms with Crippen LogP contribution in [0, 0.1) is 5.92 Å². The number of hydrogen-bond donors (Lipinski definition) is 2. The van der Waals surface area contributed by atoms with Crippen molar-refractivity contribution < 1.29 is 19.1 Å². The van der Waals surface area contributed by atoms with Crippen LogP contribution in [-0.2, 0) is 20.9 Å². The lowest BCUT2D eigenvalue weighted by Gasteiger charge is -2.21. The van der Waals surface area contributed by atoms with Gasteiger partial charge in [-0.25, -0.2) is 9.59 Å². The lowest BCUT2D eigenvalue weighted by molar-refractivity contribution is -0.144. The Bertz CT molecular complexity index is 436. The summed E-state index contributed by atoms with van der Waals surface area (Å²) in [5.74, 6) is -0.786. The normalized spacial score (nSPS) is 13.2. The highest BCUT2D eigenvalue weighted by atomic mass is 16.6. The Kier molecular flexibility index (Phi) is 6.52. The second-order valence-corrected chi connectivity index (χ2v) is 4.42. The van der Waals surface area contributed by atoms with E-state index in [0.717, 1.165) is 5.56 Å². The number of nitrogens with one attached hydrogen (secondary N) is 1. The molecule has 0 fully saturated rings. The molecule has 1 aromatic rings. The van der Waals surface area contributed by atoms with E-state index in [1.807, 2.05) is 30.3 Å². The van der Waals surface area contributed by atoms with Crippen LogP contribution in [0.1, 0.15) is 12.5 Å². The second kappa shape index (κ2) is 8.16. The van der Waals surface area contributed by atoms with Gasteiger partial charge in [0.05, 0.1) is 7.11 Å². The van der Waals surface area contributed by atoms with Gasteiger partial charge < -0.3 is 20.5 Å². The zero-order valence-corrected chi connectivity index (χ0v) is 11.7. The first-order chi connectivity index (χ1) is 9.58. The molecule has 0 aliphatic heterocycles. The molecule has 0 heterocycles. The lowest BCUT2D eigenvalue weighted by Crippen LogP contribution is -2.47. The van der Waals surface area contributed by atoms with Gasteiger partial charge in [-0.3, -0.25) is 0 Å². The molecule has 2 atom stereocenters. The van der Waals surface area contributed by atoms with Gasteiger partial charge in [0.15, 0.2) is 0 Å². The molecule has 1 rings (SSSR count). The summed E-state index contributed by atoms with van der Waals surface area (Å²) in [5, 5.41) is 2.47. The molecule has 6 heteroatoms. The molecule has 1 aromatic carbocycles. The number of rotatable bonds is 6. The van der Waals surface area contributed by atoms with Crippen molar-refractivity contribution in [1.82, 2.24) is 5.32 Å². The number of carbonyl (C=O) groups is 2. The number of amides is 1. The number of methoxy groups -OCH3 is 1. The average molecular weight is 280 g/mol. The van der Waals surface area contributed by atoms with Crippen molar-refractivity contribution in [2.75, 3.05) is 13.7 Å². The van der Waals surface area contributed by atoms with Gasteiger partial charge in [0.25, 0.3) is 0 Å². The second-order valence-electron chi connectivity index (χ2n) is 4.42. The third kappa shape index (κ3) is 4.89. The monoisotopic (exact) mass is 280 g/mol. The molecule has 0 radical (unpaired) electrons. The predicted molar refractivity (Wildman–Crippen MR) is 73.8 cm³/mol. The van der Waals surface area contributed by atoms with Crippen molar-refractivity contribution in [1.29, 1.82) is 0 Å². The van der Waals surface area contributed by atoms with E-state index in [1.165, 1.54) is 7.11 Å². The summed E-state index contributed by atoms with van der Waals surface area (Å²) in [6.45, 7) is 2.13. The van der Waals surface area contributed by atoms with Crippen molar-refractivity contribution in [3.63, 3.8) is 0 Å². The fourth-order valence-corrected chi connectivity index (χ4v) is 1.59. The zero-order valence-electron chi connectivity index (χ0n) is 11.7. The highest BCUT2D eigenvalue weighted by Gasteiger charge is 2.27. The summed E-state index contributed by atoms with van der Waals surface area (Å²) in [6.07, 6.45) is -0.676. The molecule has 0 aromatic heterocycles. The number of nitrogens with two attached hydrogens (primary N) is 1. The molecule has 1 amide bonds. The summed E-state index contributed by atoms with van der Waals surface area (Å²) >= 11 is 0. The van der Waals surface area contributed by atoms with E-state index in [4.69, 9.17) is 10.5 Å². The number of benzene rings is 1. The van der Waals surface area contributed by atoms with E-state index < -0.39 is 18.1 Å². The van der Waals surface area contributed by atoms with Crippen molar-refractivity contribution >= 4 is 12.1 Å². The van der Waals surface area contributed by atoms with E-state index in [1.54, 1.807) is 6.92 Å². The summed E-state index contributed by atoms with van der Waals surface area (Å²) in [7, 11) is 1.26. The summed E-state index contributed by atoms with van der Waals surface area (Å²) in [4.78, 5) is 23.3. The van der Waals surface area contributed by atoms with Gasteiger partial charge >= 0.3 is 12.1 Å². The van der Waals surface area contributed by atoms with E-state index >= 15 is 0 Å². The molecule has 0 saturated carbocycles. The molecule has 0 aliphatic carbocycles. The summed E-state index contributed by atoms with van der Waals surface area (Å²) < 4.78 is 9.68. The van der Waals surface area contributed by atoms with Crippen molar-refractivity contribution in [3.05, 3.63) is 35.9 Å². The molecule has 1 unspecified atom stereocenters. The first-order valence-corrected chi connectivity index (χ1v) is 6.33. The van der Waals surface area contributed by atoms with Crippen LogP contribution in [0.3, 0.4) is 0 Å². The van der Waals surface area contributed by atoms with Gasteiger partial charge in [-0.1, -0.05) is 37.3 Å². The van der Waals surface area contributed by atoms with Gasteiger partial charge in [0.2, 0.25) is 0 Å². The summed E-state index contributed by atoms with van der Waals surface area (Å²) in [6, 6.07) is 8.45. The fraction of sp³-hybridized carbons (Fsp3) is 0.429. The maximum absolute atomic E-state index is 11.7. The van der Waals surface area contributed by atoms with Crippen molar-refractivity contribution in [3.8, 4) is 0 Å². The molecular weight excluding hydrogens is 260 g/mol. The van der Waals surface area contributed by atoms with E-state index in [2.05, 4.69) is 10.1 Å². The Morgan fingerprint density at radius 1 is 1.30 bits per heavy atom. The standard InChI is InChI=1S/C14H20N2O4/c1-10(8-15)12(13(17)19-2)16-14(18)20-9-11-6-4-3-5-7-11/h3-7,10,12H,8-9,15H2,1-2H3,(H,16,18)/t10?,12-/m0/s1. The fourth-order valence-electron chi connectivity index (χ4n) is 1.59. The zero-order chi connectivity index (χ0) is 15.0. The van der Waals surface area contributed by atoms with Crippen molar-refractivity contribution in [2.24, 2.45) is 11.7 Å². The first kappa shape index (κ1) is 16.0. The number of alkyl carbamates (subject to hydrolysis) is 1. The Labute approximate surface area is 118 Å². The maximum Gasteiger partial charge on any atom is 0.408 e. The van der Waals surface area contributed by atoms with Gasteiger partial charge in [0, 0.05) is 0 Å². The molecule has 20 heavy (non-hydrogen) atoms. The first-order valence-electron chi connectivity index (χ1n) is 6.33. The largest absolute Gasteiger partial charge is 0.467 e. The molecule has 0 saturated heterocycles. The molecule has 6 nitrogen and oxygen atoms in total. The smallest absolute Gasteiger partial charge is 0.408 e. The lowest BCUT2D eigenvalue weighted by atomic mass is 10.0. The predicted octanol–water partition coefficient (Wildman–Crippen LogP) is 1.05. The molecule has 110 valence electrons. The van der Waals surface area contributed by atoms with Crippen LogP contribution in [0.2, 0.25) is 0 Å².